The van der Waals surface area contributed by atoms with Crippen LogP contribution in [0.3, 0.4) is 0 Å². The highest BCUT2D eigenvalue weighted by molar-refractivity contribution is 7.15. The van der Waals surface area contributed by atoms with Crippen molar-refractivity contribution in [3.8, 4) is 0 Å². The van der Waals surface area contributed by atoms with Crippen LogP contribution in [0.2, 0.25) is 0 Å². The standard InChI is InChI=1S/C14H26N4S/c1-6-15-7-13-12(4)16-14(19-13)18-8-10(2)17(5)11(3)9-18/h10-11,15H,6-9H2,1-5H3. The summed E-state index contributed by atoms with van der Waals surface area (Å²) in [6.07, 6.45) is 0. The molecule has 1 aromatic rings. The summed E-state index contributed by atoms with van der Waals surface area (Å²) in [6, 6.07) is 1.18. The van der Waals surface area contributed by atoms with Crippen molar-refractivity contribution in [3.05, 3.63) is 10.6 Å². The van der Waals surface area contributed by atoms with Gasteiger partial charge in [-0.25, -0.2) is 4.98 Å². The van der Waals surface area contributed by atoms with Gasteiger partial charge in [-0.2, -0.15) is 0 Å². The van der Waals surface area contributed by atoms with Gasteiger partial charge >= 0.3 is 0 Å². The van der Waals surface area contributed by atoms with Crippen LogP contribution in [-0.2, 0) is 6.54 Å². The van der Waals surface area contributed by atoms with E-state index >= 15 is 0 Å². The largest absolute Gasteiger partial charge is 0.345 e. The molecular formula is C14H26N4S. The predicted octanol–water partition coefficient (Wildman–Crippen LogP) is 2.09. The molecule has 0 aliphatic carbocycles. The SMILES string of the molecule is CCNCc1sc(N2CC(C)N(C)C(C)C2)nc1C. The molecule has 2 rings (SSSR count). The van der Waals surface area contributed by atoms with Gasteiger partial charge in [0.05, 0.1) is 5.69 Å². The summed E-state index contributed by atoms with van der Waals surface area (Å²) in [6.45, 7) is 13.0. The summed E-state index contributed by atoms with van der Waals surface area (Å²) < 4.78 is 0. The van der Waals surface area contributed by atoms with Gasteiger partial charge in [-0.05, 0) is 34.4 Å². The van der Waals surface area contributed by atoms with Gasteiger partial charge < -0.3 is 10.2 Å². The van der Waals surface area contributed by atoms with E-state index in [0.717, 1.165) is 26.2 Å². The molecule has 108 valence electrons. The molecule has 0 radical (unpaired) electrons. The number of aryl methyl sites for hydroxylation is 1. The van der Waals surface area contributed by atoms with Crippen LogP contribution in [0, 0.1) is 6.92 Å². The summed E-state index contributed by atoms with van der Waals surface area (Å²) >= 11 is 1.85. The Morgan fingerprint density at radius 3 is 2.53 bits per heavy atom. The number of hydrogen-bond acceptors (Lipinski definition) is 5. The predicted molar refractivity (Wildman–Crippen MR) is 83.1 cm³/mol. The van der Waals surface area contributed by atoms with Crippen LogP contribution in [0.4, 0.5) is 5.13 Å². The molecule has 1 saturated heterocycles. The molecule has 0 spiro atoms. The first kappa shape index (κ1) is 14.8. The Morgan fingerprint density at radius 2 is 1.95 bits per heavy atom. The number of nitrogens with one attached hydrogen (secondary N) is 1. The summed E-state index contributed by atoms with van der Waals surface area (Å²) in [7, 11) is 2.22. The smallest absolute Gasteiger partial charge is 0.185 e. The number of nitrogens with zero attached hydrogens (tertiary/aromatic N) is 3. The Morgan fingerprint density at radius 1 is 1.32 bits per heavy atom. The van der Waals surface area contributed by atoms with Crippen molar-refractivity contribution in [2.75, 3.05) is 31.6 Å². The lowest BCUT2D eigenvalue weighted by atomic mass is 10.1. The lowest BCUT2D eigenvalue weighted by molar-refractivity contribution is 0.170. The Bertz CT molecular complexity index is 406. The monoisotopic (exact) mass is 282 g/mol. The summed E-state index contributed by atoms with van der Waals surface area (Å²) in [5.41, 5.74) is 1.18. The van der Waals surface area contributed by atoms with Crippen molar-refractivity contribution in [2.45, 2.75) is 46.3 Å². The van der Waals surface area contributed by atoms with Crippen molar-refractivity contribution in [1.29, 1.82) is 0 Å². The Balaban J connectivity index is 2.09. The topological polar surface area (TPSA) is 31.4 Å². The van der Waals surface area contributed by atoms with Gasteiger partial charge in [-0.1, -0.05) is 6.92 Å². The van der Waals surface area contributed by atoms with E-state index in [9.17, 15) is 0 Å². The van der Waals surface area contributed by atoms with E-state index in [1.807, 2.05) is 11.3 Å². The maximum absolute atomic E-state index is 4.77. The Labute approximate surface area is 120 Å². The van der Waals surface area contributed by atoms with Crippen molar-refractivity contribution in [2.24, 2.45) is 0 Å². The van der Waals surface area contributed by atoms with E-state index in [0.29, 0.717) is 12.1 Å². The van der Waals surface area contributed by atoms with Crippen LogP contribution in [0.25, 0.3) is 0 Å². The summed E-state index contributed by atoms with van der Waals surface area (Å²) in [5.74, 6) is 0. The minimum absolute atomic E-state index is 0.588. The van der Waals surface area contributed by atoms with Gasteiger partial charge in [0.15, 0.2) is 5.13 Å². The number of piperazine rings is 1. The van der Waals surface area contributed by atoms with E-state index in [4.69, 9.17) is 4.98 Å². The molecule has 1 aliphatic rings. The quantitative estimate of drug-likeness (QED) is 0.916. The zero-order chi connectivity index (χ0) is 14.0. The molecule has 0 aromatic carbocycles. The maximum Gasteiger partial charge on any atom is 0.185 e. The molecule has 0 saturated carbocycles. The average Bonchev–Trinajstić information content (AvgIpc) is 2.74. The molecule has 1 fully saturated rings. The first-order valence-corrected chi connectivity index (χ1v) is 7.98. The first-order valence-electron chi connectivity index (χ1n) is 7.16. The highest BCUT2D eigenvalue weighted by Gasteiger charge is 2.28. The third-order valence-corrected chi connectivity index (χ3v) is 5.27. The molecule has 1 aliphatic heterocycles. The Kier molecular flexibility index (Phi) is 4.81. The minimum Gasteiger partial charge on any atom is -0.345 e. The maximum atomic E-state index is 4.77. The molecule has 19 heavy (non-hydrogen) atoms. The number of aromatic nitrogens is 1. The average molecular weight is 282 g/mol. The van der Waals surface area contributed by atoms with Gasteiger partial charge in [-0.15, -0.1) is 11.3 Å². The van der Waals surface area contributed by atoms with Gasteiger partial charge in [0, 0.05) is 36.6 Å². The van der Waals surface area contributed by atoms with E-state index < -0.39 is 0 Å². The highest BCUT2D eigenvalue weighted by Crippen LogP contribution is 2.28. The summed E-state index contributed by atoms with van der Waals surface area (Å²) in [4.78, 5) is 11.0. The van der Waals surface area contributed by atoms with Gasteiger partial charge in [0.25, 0.3) is 0 Å². The molecule has 5 heteroatoms. The second-order valence-electron chi connectivity index (χ2n) is 5.55. The van der Waals surface area contributed by atoms with E-state index in [2.05, 4.69) is 49.9 Å². The third-order valence-electron chi connectivity index (χ3n) is 4.05. The second-order valence-corrected chi connectivity index (χ2v) is 6.62. The van der Waals surface area contributed by atoms with Crippen LogP contribution in [-0.4, -0.2) is 48.6 Å². The second kappa shape index (κ2) is 6.20. The molecule has 1 N–H and O–H groups in total. The van der Waals surface area contributed by atoms with Crippen LogP contribution in [0.5, 0.6) is 0 Å². The van der Waals surface area contributed by atoms with Crippen LogP contribution < -0.4 is 10.2 Å². The number of anilines is 1. The molecule has 4 nitrogen and oxygen atoms in total. The normalized spacial score (nSPS) is 25.0. The molecule has 0 amide bonds. The van der Waals surface area contributed by atoms with Crippen LogP contribution in [0.15, 0.2) is 0 Å². The van der Waals surface area contributed by atoms with Crippen molar-refractivity contribution in [1.82, 2.24) is 15.2 Å². The molecule has 2 heterocycles. The van der Waals surface area contributed by atoms with Crippen LogP contribution >= 0.6 is 11.3 Å². The molecule has 0 bridgehead atoms. The third kappa shape index (κ3) is 3.27. The molecular weight excluding hydrogens is 256 g/mol. The number of thiazole rings is 1. The number of hydrogen-bond donors (Lipinski definition) is 1. The van der Waals surface area contributed by atoms with E-state index in [1.165, 1.54) is 15.7 Å². The fraction of sp³-hybridized carbons (Fsp3) is 0.786. The van der Waals surface area contributed by atoms with Crippen molar-refractivity contribution < 1.29 is 0 Å². The lowest BCUT2D eigenvalue weighted by Gasteiger charge is -2.42. The van der Waals surface area contributed by atoms with Crippen LogP contribution in [0.1, 0.15) is 31.3 Å². The van der Waals surface area contributed by atoms with E-state index in [-0.39, 0.29) is 0 Å². The zero-order valence-corrected chi connectivity index (χ0v) is 13.5. The number of rotatable bonds is 4. The summed E-state index contributed by atoms with van der Waals surface area (Å²) in [5, 5.41) is 4.58. The molecule has 2 unspecified atom stereocenters. The van der Waals surface area contributed by atoms with Crippen molar-refractivity contribution in [3.63, 3.8) is 0 Å². The lowest BCUT2D eigenvalue weighted by Crippen LogP contribution is -2.55. The zero-order valence-electron chi connectivity index (χ0n) is 12.7. The van der Waals surface area contributed by atoms with Gasteiger partial charge in [0.1, 0.15) is 0 Å². The van der Waals surface area contributed by atoms with Gasteiger partial charge in [-0.3, -0.25) is 4.90 Å². The molecule has 2 atom stereocenters. The first-order chi connectivity index (χ1) is 9.02. The van der Waals surface area contributed by atoms with E-state index in [1.54, 1.807) is 0 Å². The van der Waals surface area contributed by atoms with Crippen molar-refractivity contribution >= 4 is 16.5 Å². The molecule has 1 aromatic heterocycles. The number of likely N-dealkylation sites (N-methyl/N-ethyl adjacent to an activating group) is 1. The Hall–Kier alpha value is -0.650. The minimum atomic E-state index is 0.588. The fourth-order valence-corrected chi connectivity index (χ4v) is 3.56. The fourth-order valence-electron chi connectivity index (χ4n) is 2.51. The van der Waals surface area contributed by atoms with Gasteiger partial charge in [0.2, 0.25) is 0 Å². The highest BCUT2D eigenvalue weighted by atomic mass is 32.1.